The van der Waals surface area contributed by atoms with Crippen molar-refractivity contribution in [2.45, 2.75) is 400 Å². The summed E-state index contributed by atoms with van der Waals surface area (Å²) >= 11 is 0. The minimum atomic E-state index is -4.96. The lowest BCUT2D eigenvalue weighted by atomic mass is 10.00. The molecule has 3 N–H and O–H groups in total. The van der Waals surface area contributed by atoms with Gasteiger partial charge in [-0.3, -0.25) is 37.3 Å². The highest BCUT2D eigenvalue weighted by molar-refractivity contribution is 7.47. The zero-order valence-corrected chi connectivity index (χ0v) is 62.3. The van der Waals surface area contributed by atoms with Crippen LogP contribution in [0.1, 0.15) is 382 Å². The quantitative estimate of drug-likeness (QED) is 0.0222. The molecule has 0 rings (SSSR count). The van der Waals surface area contributed by atoms with Crippen molar-refractivity contribution < 1.29 is 80.2 Å². The number of unbranched alkanes of at least 4 members (excludes halogenated alkanes) is 42. The fraction of sp³-hybridized carbons (Fsp3) is 0.946. The molecule has 0 bridgehead atoms. The molecule has 0 aliphatic carbocycles. The third-order valence-corrected chi connectivity index (χ3v) is 19.5. The maximum absolute atomic E-state index is 13.1. The highest BCUT2D eigenvalue weighted by atomic mass is 31.2. The Bertz CT molecular complexity index is 1810. The molecule has 0 aliphatic rings. The van der Waals surface area contributed by atoms with E-state index in [0.717, 1.165) is 102 Å². The van der Waals surface area contributed by atoms with Gasteiger partial charge in [-0.15, -0.1) is 0 Å². The van der Waals surface area contributed by atoms with Crippen molar-refractivity contribution in [3.63, 3.8) is 0 Å². The number of hydrogen-bond donors (Lipinski definition) is 3. The number of aliphatic hydroxyl groups excluding tert-OH is 1. The van der Waals surface area contributed by atoms with Crippen LogP contribution in [0.2, 0.25) is 0 Å². The van der Waals surface area contributed by atoms with Gasteiger partial charge in [-0.2, -0.15) is 0 Å². The van der Waals surface area contributed by atoms with E-state index in [4.69, 9.17) is 37.0 Å². The van der Waals surface area contributed by atoms with E-state index in [1.807, 2.05) is 0 Å². The molecular formula is C74H144O17P2. The van der Waals surface area contributed by atoms with Crippen molar-refractivity contribution in [1.82, 2.24) is 0 Å². The second-order valence-electron chi connectivity index (χ2n) is 27.4. The normalized spacial score (nSPS) is 14.3. The van der Waals surface area contributed by atoms with Crippen LogP contribution in [0.5, 0.6) is 0 Å². The summed E-state index contributed by atoms with van der Waals surface area (Å²) < 4.78 is 68.4. The van der Waals surface area contributed by atoms with Gasteiger partial charge in [0.05, 0.1) is 26.4 Å². The Balaban J connectivity index is 5.20. The van der Waals surface area contributed by atoms with E-state index >= 15 is 0 Å². The van der Waals surface area contributed by atoms with Crippen LogP contribution >= 0.6 is 15.6 Å². The summed E-state index contributed by atoms with van der Waals surface area (Å²) in [7, 11) is -9.90. The number of esters is 4. The van der Waals surface area contributed by atoms with Gasteiger partial charge in [-0.25, -0.2) is 9.13 Å². The van der Waals surface area contributed by atoms with Crippen LogP contribution in [0, 0.1) is 11.8 Å². The third kappa shape index (κ3) is 67.0. The van der Waals surface area contributed by atoms with Crippen LogP contribution in [0.4, 0.5) is 0 Å². The fourth-order valence-electron chi connectivity index (χ4n) is 11.3. The summed E-state index contributed by atoms with van der Waals surface area (Å²) in [5.41, 5.74) is 0. The maximum Gasteiger partial charge on any atom is 0.472 e. The van der Waals surface area contributed by atoms with Gasteiger partial charge in [0.2, 0.25) is 0 Å². The van der Waals surface area contributed by atoms with Crippen molar-refractivity contribution in [2.75, 3.05) is 39.6 Å². The number of carbonyl (C=O) groups excluding carboxylic acids is 4. The van der Waals surface area contributed by atoms with Crippen molar-refractivity contribution in [1.29, 1.82) is 0 Å². The zero-order valence-electron chi connectivity index (χ0n) is 60.6. The first-order chi connectivity index (χ1) is 44.9. The summed E-state index contributed by atoms with van der Waals surface area (Å²) in [6.07, 6.45) is 52.9. The molecule has 93 heavy (non-hydrogen) atoms. The molecule has 0 aromatic heterocycles. The predicted octanol–water partition coefficient (Wildman–Crippen LogP) is 21.6. The Morgan fingerprint density at radius 1 is 0.312 bits per heavy atom. The molecule has 0 aliphatic heterocycles. The van der Waals surface area contributed by atoms with Gasteiger partial charge in [0, 0.05) is 25.7 Å². The SMILES string of the molecule is CCCCCCCCCCCCCCCCCCCCCCC(=O)O[C@H](COC(=O)CCCCCCCCCCCCCC(C)C)COP(=O)(O)OC[C@@H](O)COP(=O)(O)OC[C@@H](COC(=O)CCCCCCCCCCC)OC(=O)CCCCCCCCC(C)CC. The molecule has 0 radical (unpaired) electrons. The molecule has 19 heteroatoms. The lowest BCUT2D eigenvalue weighted by Gasteiger charge is -2.21. The largest absolute Gasteiger partial charge is 0.472 e. The topological polar surface area (TPSA) is 237 Å². The predicted molar refractivity (Wildman–Crippen MR) is 377 cm³/mol. The van der Waals surface area contributed by atoms with Crippen molar-refractivity contribution in [2.24, 2.45) is 11.8 Å². The minimum absolute atomic E-state index is 0.103. The number of phosphoric acid groups is 2. The summed E-state index contributed by atoms with van der Waals surface area (Å²) in [5, 5.41) is 10.6. The van der Waals surface area contributed by atoms with Gasteiger partial charge < -0.3 is 33.8 Å². The van der Waals surface area contributed by atoms with Crippen molar-refractivity contribution in [3.05, 3.63) is 0 Å². The van der Waals surface area contributed by atoms with Gasteiger partial charge in [0.15, 0.2) is 12.2 Å². The maximum atomic E-state index is 13.1. The summed E-state index contributed by atoms with van der Waals surface area (Å²) in [5.74, 6) is -0.632. The lowest BCUT2D eigenvalue weighted by molar-refractivity contribution is -0.161. The van der Waals surface area contributed by atoms with E-state index < -0.39 is 97.5 Å². The molecule has 3 unspecified atom stereocenters. The summed E-state index contributed by atoms with van der Waals surface area (Å²) in [6, 6.07) is 0. The average Bonchev–Trinajstić information content (AvgIpc) is 2.98. The van der Waals surface area contributed by atoms with Crippen LogP contribution < -0.4 is 0 Å². The summed E-state index contributed by atoms with van der Waals surface area (Å²) in [6.45, 7) is 9.51. The first-order valence-electron chi connectivity index (χ1n) is 38.5. The molecule has 0 spiro atoms. The highest BCUT2D eigenvalue weighted by Crippen LogP contribution is 2.45. The first-order valence-corrected chi connectivity index (χ1v) is 41.5. The molecule has 0 saturated carbocycles. The number of aliphatic hydroxyl groups is 1. The Hall–Kier alpha value is -1.94. The molecule has 6 atom stereocenters. The summed E-state index contributed by atoms with van der Waals surface area (Å²) in [4.78, 5) is 72.6. The molecule has 0 heterocycles. The van der Waals surface area contributed by atoms with Crippen molar-refractivity contribution in [3.8, 4) is 0 Å². The van der Waals surface area contributed by atoms with Crippen LogP contribution in [0.15, 0.2) is 0 Å². The smallest absolute Gasteiger partial charge is 0.462 e. The standard InChI is InChI=1S/C74H144O17P2/c1-7-10-12-14-16-18-19-20-21-22-23-24-25-26-27-30-35-39-46-52-58-73(78)90-69(62-85-72(77)57-51-45-38-34-31-28-29-33-36-42-48-54-66(4)5)64-88-92(80,81)86-60-68(75)61-87-93(82,83)89-65-70(63-84-71(76)56-50-44-37-32-17-15-13-11-8-2)91-74(79)59-53-47-41-40-43-49-55-67(6)9-3/h66-70,75H,7-65H2,1-6H3,(H,80,81)(H,82,83)/t67?,68-,69-,70-/m1/s1. The van der Waals surface area contributed by atoms with Gasteiger partial charge in [0.1, 0.15) is 19.3 Å². The molecule has 0 amide bonds. The number of ether oxygens (including phenoxy) is 4. The van der Waals surface area contributed by atoms with Gasteiger partial charge in [0.25, 0.3) is 0 Å². The average molecular weight is 1370 g/mol. The lowest BCUT2D eigenvalue weighted by Crippen LogP contribution is -2.30. The van der Waals surface area contributed by atoms with E-state index in [1.165, 1.54) is 199 Å². The Morgan fingerprint density at radius 3 is 0.817 bits per heavy atom. The van der Waals surface area contributed by atoms with Gasteiger partial charge in [-0.1, -0.05) is 330 Å². The Morgan fingerprint density at radius 2 is 0.548 bits per heavy atom. The van der Waals surface area contributed by atoms with Crippen LogP contribution in [0.3, 0.4) is 0 Å². The fourth-order valence-corrected chi connectivity index (χ4v) is 12.8. The number of hydrogen-bond acceptors (Lipinski definition) is 15. The van der Waals surface area contributed by atoms with E-state index in [0.29, 0.717) is 25.7 Å². The molecule has 0 aromatic carbocycles. The van der Waals surface area contributed by atoms with Crippen LogP contribution in [-0.2, 0) is 65.4 Å². The molecular weight excluding hydrogens is 1220 g/mol. The Kier molecular flexibility index (Phi) is 64.6. The second-order valence-corrected chi connectivity index (χ2v) is 30.3. The van der Waals surface area contributed by atoms with Crippen LogP contribution in [-0.4, -0.2) is 96.7 Å². The number of carbonyl (C=O) groups is 4. The number of phosphoric ester groups is 2. The van der Waals surface area contributed by atoms with Crippen molar-refractivity contribution >= 4 is 39.5 Å². The van der Waals surface area contributed by atoms with E-state index in [1.54, 1.807) is 0 Å². The molecule has 0 aromatic rings. The monoisotopic (exact) mass is 1370 g/mol. The van der Waals surface area contributed by atoms with Crippen LogP contribution in [0.25, 0.3) is 0 Å². The van der Waals surface area contributed by atoms with Gasteiger partial charge >= 0.3 is 39.5 Å². The Labute approximate surface area is 568 Å². The minimum Gasteiger partial charge on any atom is -0.462 e. The van der Waals surface area contributed by atoms with E-state index in [-0.39, 0.29) is 25.7 Å². The van der Waals surface area contributed by atoms with E-state index in [2.05, 4.69) is 41.5 Å². The second kappa shape index (κ2) is 66.0. The number of rotatable bonds is 73. The third-order valence-electron chi connectivity index (χ3n) is 17.6. The molecule has 17 nitrogen and oxygen atoms in total. The molecule has 0 saturated heterocycles. The van der Waals surface area contributed by atoms with E-state index in [9.17, 15) is 43.2 Å². The highest BCUT2D eigenvalue weighted by Gasteiger charge is 2.30. The van der Waals surface area contributed by atoms with Gasteiger partial charge in [-0.05, 0) is 37.5 Å². The zero-order chi connectivity index (χ0) is 68.6. The first kappa shape index (κ1) is 91.1. The molecule has 552 valence electrons. The molecule has 0 fully saturated rings.